The Kier molecular flexibility index (Phi) is 6.60. The van der Waals surface area contributed by atoms with Gasteiger partial charge in [0, 0.05) is 37.5 Å². The normalized spacial score (nSPS) is 25.8. The van der Waals surface area contributed by atoms with E-state index in [9.17, 15) is 4.79 Å². The molecule has 2 heterocycles. The molecule has 1 aliphatic carbocycles. The number of hydrogen-bond acceptors (Lipinski definition) is 5. The largest absolute Gasteiger partial charge is 0.382 e. The summed E-state index contributed by atoms with van der Waals surface area (Å²) in [6, 6.07) is 3.11. The molecule has 3 rings (SSSR count). The van der Waals surface area contributed by atoms with Crippen molar-refractivity contribution in [1.82, 2.24) is 19.9 Å². The van der Waals surface area contributed by atoms with Gasteiger partial charge in [0.2, 0.25) is 0 Å². The highest BCUT2D eigenvalue weighted by molar-refractivity contribution is 6.21. The Morgan fingerprint density at radius 1 is 1.27 bits per heavy atom. The molecule has 0 aliphatic heterocycles. The Morgan fingerprint density at radius 2 is 2.08 bits per heavy atom. The van der Waals surface area contributed by atoms with Gasteiger partial charge in [-0.2, -0.15) is 0 Å². The number of hydrogen-bond donors (Lipinski definition) is 1. The van der Waals surface area contributed by atoms with E-state index in [1.807, 2.05) is 10.8 Å². The first kappa shape index (κ1) is 18.8. The maximum absolute atomic E-state index is 12.6. The molecular weight excluding hydrogens is 356 g/mol. The maximum Gasteiger partial charge on any atom is 0.251 e. The lowest BCUT2D eigenvalue weighted by molar-refractivity contribution is -0.0146. The summed E-state index contributed by atoms with van der Waals surface area (Å²) >= 11 is 6.66. The zero-order chi connectivity index (χ0) is 18.4. The average molecular weight is 379 g/mol. The van der Waals surface area contributed by atoms with Crippen LogP contribution in [0.4, 0.5) is 0 Å². The molecule has 1 N–H and O–H groups in total. The second-order valence-electron chi connectivity index (χ2n) is 6.29. The molecule has 0 saturated heterocycles. The summed E-state index contributed by atoms with van der Waals surface area (Å²) in [6.45, 7) is 1.07. The number of nitrogens with zero attached hydrogens (tertiary/aromatic N) is 3. The van der Waals surface area contributed by atoms with Gasteiger partial charge >= 0.3 is 0 Å². The quantitative estimate of drug-likeness (QED) is 0.589. The number of ether oxygens (including phenoxy) is 2. The Morgan fingerprint density at radius 3 is 2.77 bits per heavy atom. The van der Waals surface area contributed by atoms with Crippen LogP contribution in [0.2, 0.25) is 0 Å². The number of imidazole rings is 1. The molecule has 1 amide bonds. The molecule has 0 aromatic carbocycles. The van der Waals surface area contributed by atoms with Crippen LogP contribution in [0.5, 0.6) is 0 Å². The summed E-state index contributed by atoms with van der Waals surface area (Å²) in [4.78, 5) is 20.7. The minimum Gasteiger partial charge on any atom is -0.382 e. The second kappa shape index (κ2) is 9.12. The lowest BCUT2D eigenvalue weighted by atomic mass is 9.87. The highest BCUT2D eigenvalue weighted by atomic mass is 35.5. The summed E-state index contributed by atoms with van der Waals surface area (Å²) < 4.78 is 12.9. The van der Waals surface area contributed by atoms with E-state index in [-0.39, 0.29) is 29.5 Å². The molecule has 0 unspecified atom stereocenters. The van der Waals surface area contributed by atoms with E-state index in [1.54, 1.807) is 44.2 Å². The predicted molar refractivity (Wildman–Crippen MR) is 97.2 cm³/mol. The van der Waals surface area contributed by atoms with Gasteiger partial charge in [0.1, 0.15) is 0 Å². The van der Waals surface area contributed by atoms with E-state index in [0.29, 0.717) is 25.2 Å². The zero-order valence-corrected chi connectivity index (χ0v) is 15.4. The predicted octanol–water partition coefficient (Wildman–Crippen LogP) is 2.05. The molecule has 7 nitrogen and oxygen atoms in total. The first-order valence-electron chi connectivity index (χ1n) is 8.62. The number of carbonyl (C=O) groups excluding carboxylic acids is 1. The highest BCUT2D eigenvalue weighted by Gasteiger charge is 2.39. The summed E-state index contributed by atoms with van der Waals surface area (Å²) in [6.07, 6.45) is 9.97. The lowest BCUT2D eigenvalue weighted by Gasteiger charge is -2.40. The van der Waals surface area contributed by atoms with E-state index < -0.39 is 0 Å². The van der Waals surface area contributed by atoms with Crippen LogP contribution in [0.15, 0.2) is 43.2 Å². The molecule has 2 aromatic rings. The van der Waals surface area contributed by atoms with Gasteiger partial charge in [-0.3, -0.25) is 9.78 Å². The minimum absolute atomic E-state index is 0.00845. The summed E-state index contributed by atoms with van der Waals surface area (Å²) in [5, 5.41) is 2.83. The first-order valence-corrected chi connectivity index (χ1v) is 9.05. The lowest BCUT2D eigenvalue weighted by Crippen LogP contribution is -2.52. The van der Waals surface area contributed by atoms with Crippen LogP contribution in [-0.4, -0.2) is 58.3 Å². The number of carbonyl (C=O) groups is 1. The van der Waals surface area contributed by atoms with Gasteiger partial charge in [0.15, 0.2) is 0 Å². The third-order valence-electron chi connectivity index (χ3n) is 4.59. The SMILES string of the molecule is COCCO[C@H]1C[C@@H](Cl)[C@H](NC(=O)c2ccncc2)[C@H](n2ccnc2)C1. The maximum atomic E-state index is 12.6. The number of rotatable bonds is 7. The third-order valence-corrected chi connectivity index (χ3v) is 5.04. The van der Waals surface area contributed by atoms with Crippen LogP contribution >= 0.6 is 11.6 Å². The van der Waals surface area contributed by atoms with Gasteiger partial charge in [-0.05, 0) is 25.0 Å². The molecule has 2 aromatic heterocycles. The number of nitrogens with one attached hydrogen (secondary N) is 1. The molecule has 1 saturated carbocycles. The molecule has 4 atom stereocenters. The van der Waals surface area contributed by atoms with Crippen molar-refractivity contribution in [3.8, 4) is 0 Å². The molecule has 0 bridgehead atoms. The average Bonchev–Trinajstić information content (AvgIpc) is 3.19. The Bertz CT molecular complexity index is 683. The number of alkyl halides is 1. The van der Waals surface area contributed by atoms with Gasteiger partial charge in [-0.25, -0.2) is 4.98 Å². The Hall–Kier alpha value is -1.96. The van der Waals surface area contributed by atoms with Crippen LogP contribution in [0, 0.1) is 0 Å². The molecular formula is C18H23ClN4O3. The molecule has 0 radical (unpaired) electrons. The monoisotopic (exact) mass is 378 g/mol. The van der Waals surface area contributed by atoms with E-state index >= 15 is 0 Å². The zero-order valence-electron chi connectivity index (χ0n) is 14.6. The van der Waals surface area contributed by atoms with Gasteiger partial charge in [0.05, 0.1) is 43.1 Å². The van der Waals surface area contributed by atoms with Crippen molar-refractivity contribution >= 4 is 17.5 Å². The van der Waals surface area contributed by atoms with E-state index in [1.165, 1.54) is 0 Å². The summed E-state index contributed by atoms with van der Waals surface area (Å²) in [5.74, 6) is -0.160. The molecule has 1 fully saturated rings. The van der Waals surface area contributed by atoms with E-state index in [0.717, 1.165) is 6.42 Å². The van der Waals surface area contributed by atoms with Crippen LogP contribution in [0.1, 0.15) is 29.2 Å². The Labute approximate surface area is 157 Å². The van der Waals surface area contributed by atoms with Crippen LogP contribution < -0.4 is 5.32 Å². The first-order chi connectivity index (χ1) is 12.7. The van der Waals surface area contributed by atoms with Crippen LogP contribution in [0.25, 0.3) is 0 Å². The smallest absolute Gasteiger partial charge is 0.251 e. The van der Waals surface area contributed by atoms with Crippen molar-refractivity contribution in [3.05, 3.63) is 48.8 Å². The highest BCUT2D eigenvalue weighted by Crippen LogP contribution is 2.34. The van der Waals surface area contributed by atoms with E-state index in [2.05, 4.69) is 15.3 Å². The fourth-order valence-corrected chi connectivity index (χ4v) is 3.71. The van der Waals surface area contributed by atoms with Crippen molar-refractivity contribution in [2.45, 2.75) is 36.4 Å². The minimum atomic E-state index is -0.255. The fourth-order valence-electron chi connectivity index (χ4n) is 3.28. The topological polar surface area (TPSA) is 78.3 Å². The van der Waals surface area contributed by atoms with Gasteiger partial charge in [-0.15, -0.1) is 11.6 Å². The molecule has 26 heavy (non-hydrogen) atoms. The Balaban J connectivity index is 1.73. The number of amides is 1. The second-order valence-corrected chi connectivity index (χ2v) is 6.85. The van der Waals surface area contributed by atoms with Gasteiger partial charge in [0.25, 0.3) is 5.91 Å². The molecule has 140 valence electrons. The van der Waals surface area contributed by atoms with Crippen LogP contribution in [0.3, 0.4) is 0 Å². The van der Waals surface area contributed by atoms with Gasteiger partial charge in [-0.1, -0.05) is 0 Å². The summed E-state index contributed by atoms with van der Waals surface area (Å²) in [5.41, 5.74) is 0.562. The van der Waals surface area contributed by atoms with Gasteiger partial charge < -0.3 is 19.4 Å². The standard InChI is InChI=1S/C18H23ClN4O3/c1-25-8-9-26-14-10-15(19)17(16(11-14)23-7-6-21-12-23)22-18(24)13-2-4-20-5-3-13/h2-7,12,14-17H,8-11H2,1H3,(H,22,24)/t14-,15+,16+,17-/m0/s1. The van der Waals surface area contributed by atoms with Crippen molar-refractivity contribution in [2.75, 3.05) is 20.3 Å². The molecule has 0 spiro atoms. The fraction of sp³-hybridized carbons (Fsp3) is 0.500. The van der Waals surface area contributed by atoms with E-state index in [4.69, 9.17) is 21.1 Å². The molecule has 1 aliphatic rings. The van der Waals surface area contributed by atoms with Crippen molar-refractivity contribution in [2.24, 2.45) is 0 Å². The number of halogens is 1. The van der Waals surface area contributed by atoms with Crippen LogP contribution in [-0.2, 0) is 9.47 Å². The number of aromatic nitrogens is 3. The van der Waals surface area contributed by atoms with Crippen molar-refractivity contribution in [1.29, 1.82) is 0 Å². The molecule has 8 heteroatoms. The third kappa shape index (κ3) is 4.60. The van der Waals surface area contributed by atoms with Crippen molar-refractivity contribution in [3.63, 3.8) is 0 Å². The number of pyridine rings is 1. The number of methoxy groups -OCH3 is 1. The van der Waals surface area contributed by atoms with Crippen molar-refractivity contribution < 1.29 is 14.3 Å². The summed E-state index contributed by atoms with van der Waals surface area (Å²) in [7, 11) is 1.65.